The Balaban J connectivity index is 0.00000240. The summed E-state index contributed by atoms with van der Waals surface area (Å²) in [5, 5.41) is 0.846. The van der Waals surface area contributed by atoms with E-state index in [1.807, 2.05) is 25.1 Å². The molecule has 0 fully saturated rings. The Bertz CT molecular complexity index is 1250. The molecule has 4 nitrogen and oxygen atoms in total. The molecule has 2 aromatic rings. The van der Waals surface area contributed by atoms with Crippen molar-refractivity contribution in [2.45, 2.75) is 6.92 Å². The van der Waals surface area contributed by atoms with E-state index in [1.165, 1.54) is 18.2 Å². The van der Waals surface area contributed by atoms with Crippen LogP contribution in [0.1, 0.15) is 17.3 Å². The molecule has 5 heteroatoms. The summed E-state index contributed by atoms with van der Waals surface area (Å²) in [4.78, 5) is 24.2. The van der Waals surface area contributed by atoms with Gasteiger partial charge in [-0.05, 0) is 36.1 Å². The number of carbonyl (C=O) groups is 1. The van der Waals surface area contributed by atoms with Gasteiger partial charge in [-0.3, -0.25) is 9.59 Å². The molecule has 0 N–H and O–H groups in total. The zero-order valence-corrected chi connectivity index (χ0v) is 20.1. The molecule has 0 aromatic heterocycles. The number of rotatable bonds is 4. The van der Waals surface area contributed by atoms with Gasteiger partial charge in [-0.1, -0.05) is 29.3 Å². The average molecular weight is 607 g/mol. The van der Waals surface area contributed by atoms with Crippen molar-refractivity contribution in [2.75, 3.05) is 7.11 Å². The van der Waals surface area contributed by atoms with E-state index >= 15 is 0 Å². The van der Waals surface area contributed by atoms with Crippen molar-refractivity contribution in [3.05, 3.63) is 88.6 Å². The summed E-state index contributed by atoms with van der Waals surface area (Å²) < 4.78 is 11.3. The van der Waals surface area contributed by atoms with Gasteiger partial charge in [0.25, 0.3) is 0 Å². The Labute approximate surface area is 191 Å². The molecule has 0 radical (unpaired) electrons. The summed E-state index contributed by atoms with van der Waals surface area (Å²) in [6, 6.07) is 18.8. The molecule has 0 amide bonds. The third-order valence-electron chi connectivity index (χ3n) is 4.57. The fourth-order valence-corrected chi connectivity index (χ4v) is 3.28. The van der Waals surface area contributed by atoms with E-state index in [-0.39, 0.29) is 42.3 Å². The van der Waals surface area contributed by atoms with E-state index in [0.717, 1.165) is 22.1 Å². The second-order valence-corrected chi connectivity index (χ2v) is 6.35. The van der Waals surface area contributed by atoms with E-state index in [2.05, 4.69) is 6.07 Å². The number of hydrogen-bond donors (Lipinski definition) is 0. The van der Waals surface area contributed by atoms with Gasteiger partial charge in [0, 0.05) is 43.2 Å². The molecule has 2 aromatic carbocycles. The minimum atomic E-state index is -0.134. The van der Waals surface area contributed by atoms with E-state index in [4.69, 9.17) is 9.15 Å². The first kappa shape index (κ1) is 21.1. The quantitative estimate of drug-likeness (QED) is 0.140. The van der Waals surface area contributed by atoms with Crippen molar-refractivity contribution in [2.24, 2.45) is 0 Å². The molecule has 1 aliphatic carbocycles. The largest absolute Gasteiger partial charge is 0.497 e. The van der Waals surface area contributed by atoms with Crippen molar-refractivity contribution in [1.29, 1.82) is 0 Å². The third-order valence-corrected chi connectivity index (χ3v) is 4.57. The molecule has 0 saturated heterocycles. The van der Waals surface area contributed by atoms with Gasteiger partial charge in [-0.2, -0.15) is 0 Å². The topological polar surface area (TPSA) is 56.5 Å². The van der Waals surface area contributed by atoms with Gasteiger partial charge in [0.15, 0.2) is 11.2 Å². The van der Waals surface area contributed by atoms with Crippen LogP contribution in [0.25, 0.3) is 33.4 Å². The molecule has 1 aliphatic heterocycles. The second kappa shape index (κ2) is 8.82. The van der Waals surface area contributed by atoms with Gasteiger partial charge >= 0.3 is 0 Å². The predicted octanol–water partition coefficient (Wildman–Crippen LogP) is 5.13. The maximum absolute atomic E-state index is 12.3. The van der Waals surface area contributed by atoms with Crippen molar-refractivity contribution in [3.8, 4) is 28.2 Å². The van der Waals surface area contributed by atoms with E-state index in [9.17, 15) is 9.59 Å². The number of carbonyl (C=O) groups excluding carboxylic acids is 1. The number of hydrogen-bond acceptors (Lipinski definition) is 4. The zero-order valence-electron chi connectivity index (χ0n) is 16.0. The number of ether oxygens (including phenoxy) is 1. The summed E-state index contributed by atoms with van der Waals surface area (Å²) >= 11 is 0. The molecular formula is C24H17O4U-. The Morgan fingerprint density at radius 2 is 1.93 bits per heavy atom. The van der Waals surface area contributed by atoms with Gasteiger partial charge < -0.3 is 9.15 Å². The van der Waals surface area contributed by atoms with Gasteiger partial charge in [0.1, 0.15) is 17.1 Å². The molecule has 1 heterocycles. The number of allylic oxidation sites excluding steroid dienone is 2. The molecular weight excluding hydrogens is 590 g/mol. The van der Waals surface area contributed by atoms with E-state index < -0.39 is 0 Å². The maximum Gasteiger partial charge on any atom is 0.182 e. The second-order valence-electron chi connectivity index (χ2n) is 6.35. The van der Waals surface area contributed by atoms with Crippen LogP contribution in [-0.4, -0.2) is 12.9 Å². The van der Waals surface area contributed by atoms with Crippen molar-refractivity contribution >= 4 is 16.8 Å². The van der Waals surface area contributed by atoms with Crippen LogP contribution in [0.5, 0.6) is 5.75 Å². The van der Waals surface area contributed by atoms with E-state index in [0.29, 0.717) is 22.7 Å². The molecule has 142 valence electrons. The first-order valence-electron chi connectivity index (χ1n) is 8.84. The van der Waals surface area contributed by atoms with Crippen molar-refractivity contribution < 1.29 is 45.1 Å². The van der Waals surface area contributed by atoms with Crippen LogP contribution < -0.4 is 10.2 Å². The van der Waals surface area contributed by atoms with Gasteiger partial charge in [0.05, 0.1) is 7.11 Å². The van der Waals surface area contributed by atoms with Crippen LogP contribution in [0.4, 0.5) is 0 Å². The molecule has 2 aliphatic rings. The third kappa shape index (κ3) is 4.07. The Morgan fingerprint density at radius 3 is 2.69 bits per heavy atom. The number of benzene rings is 3. The van der Waals surface area contributed by atoms with Crippen LogP contribution in [0.15, 0.2) is 76.0 Å². The monoisotopic (exact) mass is 607 g/mol. The van der Waals surface area contributed by atoms with Crippen molar-refractivity contribution in [3.63, 3.8) is 0 Å². The Kier molecular flexibility index (Phi) is 6.42. The fraction of sp³-hybridized carbons (Fsp3) is 0.0833. The van der Waals surface area contributed by atoms with Gasteiger partial charge in [0.2, 0.25) is 0 Å². The number of ketones is 1. The Hall–Kier alpha value is -2.61. The smallest absolute Gasteiger partial charge is 0.182 e. The van der Waals surface area contributed by atoms with Gasteiger partial charge in [-0.25, -0.2) is 0 Å². The molecule has 0 bridgehead atoms. The summed E-state index contributed by atoms with van der Waals surface area (Å²) in [6.07, 6.45) is 3.25. The Morgan fingerprint density at radius 1 is 1.10 bits per heavy atom. The molecule has 0 unspecified atom stereocenters. The van der Waals surface area contributed by atoms with Crippen molar-refractivity contribution in [1.82, 2.24) is 0 Å². The van der Waals surface area contributed by atoms with Crippen LogP contribution >= 0.6 is 0 Å². The van der Waals surface area contributed by atoms with Gasteiger partial charge in [-0.15, -0.1) is 29.8 Å². The summed E-state index contributed by atoms with van der Waals surface area (Å²) in [7, 11) is 1.59. The van der Waals surface area contributed by atoms with Crippen LogP contribution in [0.3, 0.4) is 0 Å². The minimum absolute atomic E-state index is 0. The SMILES string of the molecule is C/C=C/C(=O)c1cc[c-]c(-c2c3ccc(=O)cc-3oc3cc(OC)ccc23)c1.[U]. The molecule has 0 atom stereocenters. The molecule has 29 heavy (non-hydrogen) atoms. The summed E-state index contributed by atoms with van der Waals surface area (Å²) in [5.41, 5.74) is 3.42. The van der Waals surface area contributed by atoms with Crippen LogP contribution in [0, 0.1) is 37.2 Å². The average Bonchev–Trinajstić information content (AvgIpc) is 2.71. The number of methoxy groups -OCH3 is 1. The fourth-order valence-electron chi connectivity index (χ4n) is 3.28. The van der Waals surface area contributed by atoms with Crippen LogP contribution in [-0.2, 0) is 0 Å². The molecule has 0 saturated carbocycles. The zero-order chi connectivity index (χ0) is 19.7. The van der Waals surface area contributed by atoms with E-state index in [1.54, 1.807) is 37.5 Å². The molecule has 0 spiro atoms. The summed E-state index contributed by atoms with van der Waals surface area (Å²) in [6.45, 7) is 1.81. The first-order chi connectivity index (χ1) is 13.6. The van der Waals surface area contributed by atoms with Crippen LogP contribution in [0.2, 0.25) is 0 Å². The first-order valence-corrected chi connectivity index (χ1v) is 8.84. The normalized spacial score (nSPS) is 11.0. The minimum Gasteiger partial charge on any atom is -0.497 e. The predicted molar refractivity (Wildman–Crippen MR) is 109 cm³/mol. The maximum atomic E-state index is 12.3. The number of fused-ring (bicyclic) bond motifs is 2. The standard InChI is InChI=1S/C24H17O4.U/c1-3-5-21(26)15-6-4-7-16(12-15)24-19-10-8-17(25)13-22(19)28-23-14-18(27-2)9-11-20(23)24;/h3-6,8-14H,1-2H3;/q-1;/b5-3+;. The summed E-state index contributed by atoms with van der Waals surface area (Å²) in [5.74, 6) is 1.05. The molecule has 4 rings (SSSR count).